The van der Waals surface area contributed by atoms with Crippen molar-refractivity contribution in [1.82, 2.24) is 10.2 Å². The molecule has 2 aromatic rings. The van der Waals surface area contributed by atoms with Crippen LogP contribution in [0.15, 0.2) is 48.5 Å². The second kappa shape index (κ2) is 8.03. The van der Waals surface area contributed by atoms with E-state index in [0.29, 0.717) is 17.2 Å². The molecule has 0 aromatic heterocycles. The number of hydrogen-bond acceptors (Lipinski definition) is 3. The Balaban J connectivity index is 1.73. The lowest BCUT2D eigenvalue weighted by atomic mass is 9.87. The molecule has 1 aliphatic rings. The number of nitrogens with one attached hydrogen (secondary N) is 2. The van der Waals surface area contributed by atoms with Crippen LogP contribution >= 0.6 is 0 Å². The highest BCUT2D eigenvalue weighted by Crippen LogP contribution is 2.32. The van der Waals surface area contributed by atoms with Crippen LogP contribution in [-0.2, 0) is 15.1 Å². The van der Waals surface area contributed by atoms with Gasteiger partial charge in [0, 0.05) is 5.69 Å². The topological polar surface area (TPSA) is 78.5 Å². The van der Waals surface area contributed by atoms with Gasteiger partial charge in [-0.3, -0.25) is 14.5 Å². The number of anilines is 1. The standard InChI is InChI=1S/C22H24FN3O3/c1-4-22(16-7-9-17(23)10-8-16)20(28)26(21(29)25-22)13-19(27)24-18-11-5-15(6-12-18)14(2)3/h5-12,14H,4,13H2,1-3H3,(H,24,27)(H,25,29). The van der Waals surface area contributed by atoms with E-state index < -0.39 is 35.7 Å². The Kier molecular flexibility index (Phi) is 5.68. The van der Waals surface area contributed by atoms with E-state index in [1.807, 2.05) is 12.1 Å². The van der Waals surface area contributed by atoms with Gasteiger partial charge in [-0.25, -0.2) is 9.18 Å². The summed E-state index contributed by atoms with van der Waals surface area (Å²) in [6.45, 7) is 5.50. The average molecular weight is 397 g/mol. The van der Waals surface area contributed by atoms with E-state index in [1.165, 1.54) is 24.3 Å². The Morgan fingerprint density at radius 2 is 1.72 bits per heavy atom. The molecule has 0 spiro atoms. The van der Waals surface area contributed by atoms with Crippen molar-refractivity contribution >= 4 is 23.5 Å². The van der Waals surface area contributed by atoms with E-state index in [4.69, 9.17) is 0 Å². The fraction of sp³-hybridized carbons (Fsp3) is 0.318. The van der Waals surface area contributed by atoms with Crippen LogP contribution in [-0.4, -0.2) is 29.3 Å². The van der Waals surface area contributed by atoms with Gasteiger partial charge in [0.1, 0.15) is 17.9 Å². The largest absolute Gasteiger partial charge is 0.325 e. The lowest BCUT2D eigenvalue weighted by Crippen LogP contribution is -2.44. The summed E-state index contributed by atoms with van der Waals surface area (Å²) in [7, 11) is 0. The molecule has 1 atom stereocenters. The van der Waals surface area contributed by atoms with E-state index in [2.05, 4.69) is 24.5 Å². The highest BCUT2D eigenvalue weighted by Gasteiger charge is 2.51. The number of rotatable bonds is 6. The summed E-state index contributed by atoms with van der Waals surface area (Å²) in [5.41, 5.74) is 0.909. The number of urea groups is 1. The van der Waals surface area contributed by atoms with Crippen LogP contribution < -0.4 is 10.6 Å². The number of carbonyl (C=O) groups excluding carboxylic acids is 3. The van der Waals surface area contributed by atoms with Gasteiger partial charge in [0.25, 0.3) is 5.91 Å². The monoisotopic (exact) mass is 397 g/mol. The molecular weight excluding hydrogens is 373 g/mol. The predicted molar refractivity (Wildman–Crippen MR) is 108 cm³/mol. The van der Waals surface area contributed by atoms with Gasteiger partial charge >= 0.3 is 6.03 Å². The molecule has 7 heteroatoms. The lowest BCUT2D eigenvalue weighted by molar-refractivity contribution is -0.134. The van der Waals surface area contributed by atoms with Crippen molar-refractivity contribution in [3.05, 3.63) is 65.5 Å². The van der Waals surface area contributed by atoms with Gasteiger partial charge in [-0.1, -0.05) is 45.0 Å². The number of nitrogens with zero attached hydrogens (tertiary/aromatic N) is 1. The van der Waals surface area contributed by atoms with Crippen molar-refractivity contribution in [2.24, 2.45) is 0 Å². The fourth-order valence-corrected chi connectivity index (χ4v) is 3.44. The average Bonchev–Trinajstić information content (AvgIpc) is 2.94. The number of benzene rings is 2. The number of imide groups is 1. The van der Waals surface area contributed by atoms with Gasteiger partial charge in [0.05, 0.1) is 0 Å². The molecule has 0 bridgehead atoms. The predicted octanol–water partition coefficient (Wildman–Crippen LogP) is 3.74. The third-order valence-electron chi connectivity index (χ3n) is 5.21. The van der Waals surface area contributed by atoms with Crippen molar-refractivity contribution in [3.63, 3.8) is 0 Å². The summed E-state index contributed by atoms with van der Waals surface area (Å²) in [6, 6.07) is 12.2. The molecule has 4 amide bonds. The van der Waals surface area contributed by atoms with Crippen molar-refractivity contribution in [2.75, 3.05) is 11.9 Å². The number of hydrogen-bond donors (Lipinski definition) is 2. The lowest BCUT2D eigenvalue weighted by Gasteiger charge is -2.25. The van der Waals surface area contributed by atoms with Gasteiger partial charge in [-0.15, -0.1) is 0 Å². The maximum Gasteiger partial charge on any atom is 0.325 e. The Labute approximate surface area is 169 Å². The molecule has 1 unspecified atom stereocenters. The first-order valence-electron chi connectivity index (χ1n) is 9.57. The maximum atomic E-state index is 13.3. The zero-order chi connectivity index (χ0) is 21.2. The second-order valence-electron chi connectivity index (χ2n) is 7.41. The molecular formula is C22H24FN3O3. The molecule has 29 heavy (non-hydrogen) atoms. The Bertz CT molecular complexity index is 925. The fourth-order valence-electron chi connectivity index (χ4n) is 3.44. The van der Waals surface area contributed by atoms with Crippen LogP contribution in [0.5, 0.6) is 0 Å². The number of amides is 4. The summed E-state index contributed by atoms with van der Waals surface area (Å²) in [4.78, 5) is 38.8. The van der Waals surface area contributed by atoms with E-state index >= 15 is 0 Å². The van der Waals surface area contributed by atoms with E-state index in [1.54, 1.807) is 19.1 Å². The molecule has 1 aliphatic heterocycles. The van der Waals surface area contributed by atoms with Crippen LogP contribution in [0.2, 0.25) is 0 Å². The summed E-state index contributed by atoms with van der Waals surface area (Å²) in [5.74, 6) is -1.06. The number of carbonyl (C=O) groups is 3. The van der Waals surface area contributed by atoms with Crippen molar-refractivity contribution < 1.29 is 18.8 Å². The zero-order valence-corrected chi connectivity index (χ0v) is 16.7. The highest BCUT2D eigenvalue weighted by atomic mass is 19.1. The molecule has 0 radical (unpaired) electrons. The summed E-state index contributed by atoms with van der Waals surface area (Å²) in [5, 5.41) is 5.38. The van der Waals surface area contributed by atoms with Crippen molar-refractivity contribution in [3.8, 4) is 0 Å². The highest BCUT2D eigenvalue weighted by molar-refractivity contribution is 6.10. The van der Waals surface area contributed by atoms with E-state index in [9.17, 15) is 18.8 Å². The summed E-state index contributed by atoms with van der Waals surface area (Å²) in [6.07, 6.45) is 0.276. The van der Waals surface area contributed by atoms with Gasteiger partial charge < -0.3 is 10.6 Å². The minimum absolute atomic E-state index is 0.276. The van der Waals surface area contributed by atoms with Crippen LogP contribution in [0.3, 0.4) is 0 Å². The summed E-state index contributed by atoms with van der Waals surface area (Å²) >= 11 is 0. The molecule has 3 rings (SSSR count). The van der Waals surface area contributed by atoms with Crippen molar-refractivity contribution in [1.29, 1.82) is 0 Å². The maximum absolute atomic E-state index is 13.3. The van der Waals surface area contributed by atoms with Gasteiger partial charge in [0.2, 0.25) is 5.91 Å². The SMILES string of the molecule is CCC1(c2ccc(F)cc2)NC(=O)N(CC(=O)Nc2ccc(C(C)C)cc2)C1=O. The number of halogens is 1. The Hall–Kier alpha value is -3.22. The molecule has 2 N–H and O–H groups in total. The summed E-state index contributed by atoms with van der Waals surface area (Å²) < 4.78 is 13.3. The normalized spacial score (nSPS) is 18.9. The first-order chi connectivity index (χ1) is 13.8. The smallest absolute Gasteiger partial charge is 0.325 e. The second-order valence-corrected chi connectivity index (χ2v) is 7.41. The molecule has 2 aromatic carbocycles. The molecule has 1 saturated heterocycles. The van der Waals surface area contributed by atoms with Crippen LogP contribution in [0.1, 0.15) is 44.2 Å². The van der Waals surface area contributed by atoms with Crippen LogP contribution in [0.4, 0.5) is 14.9 Å². The van der Waals surface area contributed by atoms with Crippen LogP contribution in [0, 0.1) is 5.82 Å². The van der Waals surface area contributed by atoms with Crippen LogP contribution in [0.25, 0.3) is 0 Å². The quantitative estimate of drug-likeness (QED) is 0.729. The first-order valence-corrected chi connectivity index (χ1v) is 9.57. The van der Waals surface area contributed by atoms with E-state index in [0.717, 1.165) is 10.5 Å². The van der Waals surface area contributed by atoms with Gasteiger partial charge in [0.15, 0.2) is 0 Å². The zero-order valence-electron chi connectivity index (χ0n) is 16.7. The van der Waals surface area contributed by atoms with E-state index in [-0.39, 0.29) is 6.42 Å². The molecule has 1 fully saturated rings. The molecule has 1 heterocycles. The third-order valence-corrected chi connectivity index (χ3v) is 5.21. The van der Waals surface area contributed by atoms with Crippen molar-refractivity contribution in [2.45, 2.75) is 38.6 Å². The van der Waals surface area contributed by atoms with Gasteiger partial charge in [-0.2, -0.15) is 0 Å². The Morgan fingerprint density at radius 3 is 2.28 bits per heavy atom. The van der Waals surface area contributed by atoms with Gasteiger partial charge in [-0.05, 0) is 47.7 Å². The first kappa shape index (κ1) is 20.5. The molecule has 0 aliphatic carbocycles. The Morgan fingerprint density at radius 1 is 1.10 bits per heavy atom. The molecule has 152 valence electrons. The minimum atomic E-state index is -1.30. The minimum Gasteiger partial charge on any atom is -0.325 e. The third kappa shape index (κ3) is 3.99. The molecule has 6 nitrogen and oxygen atoms in total. The molecule has 0 saturated carbocycles.